The number of halogens is 3. The summed E-state index contributed by atoms with van der Waals surface area (Å²) in [5, 5.41) is 3.38. The first-order valence-corrected chi connectivity index (χ1v) is 7.60. The summed E-state index contributed by atoms with van der Waals surface area (Å²) in [6, 6.07) is 3.03. The van der Waals surface area contributed by atoms with Crippen LogP contribution in [0.25, 0.3) is 0 Å². The molecular formula is C15H22BrF2N. The van der Waals surface area contributed by atoms with E-state index < -0.39 is 11.6 Å². The molecule has 0 saturated carbocycles. The average molecular weight is 334 g/mol. The fraction of sp³-hybridized carbons (Fsp3) is 0.600. The molecule has 1 rings (SSSR count). The Morgan fingerprint density at radius 1 is 1.26 bits per heavy atom. The molecule has 0 fully saturated rings. The van der Waals surface area contributed by atoms with Crippen LogP contribution >= 0.6 is 15.9 Å². The predicted molar refractivity (Wildman–Crippen MR) is 79.3 cm³/mol. The quantitative estimate of drug-likeness (QED) is 0.714. The van der Waals surface area contributed by atoms with Crippen LogP contribution in [0.5, 0.6) is 0 Å². The van der Waals surface area contributed by atoms with E-state index in [-0.39, 0.29) is 5.56 Å². The molecule has 0 heterocycles. The van der Waals surface area contributed by atoms with Crippen molar-refractivity contribution >= 4 is 15.9 Å². The minimum Gasteiger partial charge on any atom is -0.314 e. The molecule has 0 aliphatic heterocycles. The third kappa shape index (κ3) is 5.19. The highest BCUT2D eigenvalue weighted by Gasteiger charge is 2.15. The van der Waals surface area contributed by atoms with Gasteiger partial charge in [0, 0.05) is 11.6 Å². The molecule has 0 aliphatic rings. The Morgan fingerprint density at radius 2 is 1.95 bits per heavy atom. The molecule has 19 heavy (non-hydrogen) atoms. The summed E-state index contributed by atoms with van der Waals surface area (Å²) >= 11 is 3.10. The van der Waals surface area contributed by atoms with E-state index in [9.17, 15) is 8.78 Å². The predicted octanol–water partition coefficient (Wildman–Crippen LogP) is 4.68. The van der Waals surface area contributed by atoms with Crippen LogP contribution in [0.1, 0.15) is 39.2 Å². The Morgan fingerprint density at radius 3 is 2.53 bits per heavy atom. The van der Waals surface area contributed by atoms with E-state index in [1.165, 1.54) is 12.1 Å². The maximum atomic E-state index is 13.9. The summed E-state index contributed by atoms with van der Waals surface area (Å²) in [6.45, 7) is 7.24. The maximum Gasteiger partial charge on any atom is 0.143 e. The molecule has 1 aromatic carbocycles. The second kappa shape index (κ2) is 7.95. The lowest BCUT2D eigenvalue weighted by Crippen LogP contribution is -2.30. The summed E-state index contributed by atoms with van der Waals surface area (Å²) in [6.07, 6.45) is 2.18. The van der Waals surface area contributed by atoms with Gasteiger partial charge in [-0.25, -0.2) is 8.78 Å². The second-order valence-corrected chi connectivity index (χ2v) is 6.10. The van der Waals surface area contributed by atoms with E-state index in [1.54, 1.807) is 0 Å². The van der Waals surface area contributed by atoms with Crippen LogP contribution in [-0.2, 0) is 6.42 Å². The zero-order valence-electron chi connectivity index (χ0n) is 11.8. The van der Waals surface area contributed by atoms with Gasteiger partial charge in [-0.1, -0.05) is 20.8 Å². The van der Waals surface area contributed by atoms with Gasteiger partial charge in [0.15, 0.2) is 0 Å². The lowest BCUT2D eigenvalue weighted by atomic mass is 9.97. The van der Waals surface area contributed by atoms with E-state index in [4.69, 9.17) is 0 Å². The van der Waals surface area contributed by atoms with E-state index in [1.807, 2.05) is 6.92 Å². The van der Waals surface area contributed by atoms with Crippen molar-refractivity contribution in [1.82, 2.24) is 5.32 Å². The summed E-state index contributed by atoms with van der Waals surface area (Å²) in [5.74, 6) is -0.360. The second-order valence-electron chi connectivity index (χ2n) is 5.24. The van der Waals surface area contributed by atoms with Crippen LogP contribution in [0.15, 0.2) is 16.6 Å². The molecular weight excluding hydrogens is 312 g/mol. The van der Waals surface area contributed by atoms with Crippen LogP contribution in [0.2, 0.25) is 0 Å². The van der Waals surface area contributed by atoms with Gasteiger partial charge < -0.3 is 5.32 Å². The Hall–Kier alpha value is -0.480. The molecule has 1 atom stereocenters. The highest BCUT2D eigenvalue weighted by Crippen LogP contribution is 2.23. The van der Waals surface area contributed by atoms with Gasteiger partial charge in [-0.15, -0.1) is 0 Å². The summed E-state index contributed by atoms with van der Waals surface area (Å²) in [5.41, 5.74) is 0.182. The maximum absolute atomic E-state index is 13.9. The molecule has 0 amide bonds. The molecule has 0 aliphatic carbocycles. The van der Waals surface area contributed by atoms with Gasteiger partial charge in [-0.05, 0) is 59.8 Å². The van der Waals surface area contributed by atoms with E-state index in [0.717, 1.165) is 19.4 Å². The largest absolute Gasteiger partial charge is 0.314 e. The van der Waals surface area contributed by atoms with Gasteiger partial charge in [-0.3, -0.25) is 0 Å². The standard InChI is InChI=1S/C15H22BrF2N/c1-4-19-11(9-10(2)3)5-6-12-14(17)8-7-13(16)15(12)18/h7-8,10-11,19H,4-6,9H2,1-3H3. The van der Waals surface area contributed by atoms with Crippen LogP contribution in [0.4, 0.5) is 8.78 Å². The lowest BCUT2D eigenvalue weighted by molar-refractivity contribution is 0.400. The van der Waals surface area contributed by atoms with Crippen molar-refractivity contribution in [3.8, 4) is 0 Å². The highest BCUT2D eigenvalue weighted by atomic mass is 79.9. The van der Waals surface area contributed by atoms with Crippen LogP contribution < -0.4 is 5.32 Å². The molecule has 1 N–H and O–H groups in total. The van der Waals surface area contributed by atoms with Crippen molar-refractivity contribution in [2.24, 2.45) is 5.92 Å². The van der Waals surface area contributed by atoms with Crippen LogP contribution in [-0.4, -0.2) is 12.6 Å². The molecule has 1 aromatic rings. The number of nitrogens with one attached hydrogen (secondary N) is 1. The number of hydrogen-bond donors (Lipinski definition) is 1. The Bertz CT molecular complexity index is 407. The van der Waals surface area contributed by atoms with Gasteiger partial charge in [-0.2, -0.15) is 0 Å². The topological polar surface area (TPSA) is 12.0 Å². The zero-order valence-corrected chi connectivity index (χ0v) is 13.4. The molecule has 0 spiro atoms. The minimum absolute atomic E-state index is 0.182. The first kappa shape index (κ1) is 16.6. The van der Waals surface area contributed by atoms with Gasteiger partial charge in [0.1, 0.15) is 11.6 Å². The lowest BCUT2D eigenvalue weighted by Gasteiger charge is -2.20. The molecule has 4 heteroatoms. The first-order valence-electron chi connectivity index (χ1n) is 6.81. The molecule has 0 bridgehead atoms. The van der Waals surface area contributed by atoms with Crippen molar-refractivity contribution in [3.05, 3.63) is 33.8 Å². The zero-order chi connectivity index (χ0) is 14.4. The molecule has 0 aromatic heterocycles. The molecule has 1 unspecified atom stereocenters. The molecule has 0 radical (unpaired) electrons. The Kier molecular flexibility index (Phi) is 6.94. The monoisotopic (exact) mass is 333 g/mol. The minimum atomic E-state index is -0.472. The summed E-state index contributed by atoms with van der Waals surface area (Å²) in [4.78, 5) is 0. The fourth-order valence-electron chi connectivity index (χ4n) is 2.28. The third-order valence-electron chi connectivity index (χ3n) is 3.13. The SMILES string of the molecule is CCNC(CCc1c(F)ccc(Br)c1F)CC(C)C. The van der Waals surface area contributed by atoms with E-state index in [2.05, 4.69) is 35.1 Å². The molecule has 1 nitrogen and oxygen atoms in total. The summed E-state index contributed by atoms with van der Waals surface area (Å²) in [7, 11) is 0. The summed E-state index contributed by atoms with van der Waals surface area (Å²) < 4.78 is 27.8. The van der Waals surface area contributed by atoms with Crippen molar-refractivity contribution in [2.45, 2.75) is 46.1 Å². The smallest absolute Gasteiger partial charge is 0.143 e. The van der Waals surface area contributed by atoms with E-state index in [0.29, 0.717) is 22.9 Å². The molecule has 0 saturated heterocycles. The molecule has 108 valence electrons. The Labute approximate surface area is 122 Å². The number of rotatable bonds is 7. The normalized spacial score (nSPS) is 13.0. The van der Waals surface area contributed by atoms with Crippen molar-refractivity contribution in [2.75, 3.05) is 6.54 Å². The van der Waals surface area contributed by atoms with Gasteiger partial charge >= 0.3 is 0 Å². The van der Waals surface area contributed by atoms with Gasteiger partial charge in [0.25, 0.3) is 0 Å². The number of hydrogen-bond acceptors (Lipinski definition) is 1. The first-order chi connectivity index (χ1) is 8.95. The number of benzene rings is 1. The van der Waals surface area contributed by atoms with Crippen LogP contribution in [0.3, 0.4) is 0 Å². The van der Waals surface area contributed by atoms with Gasteiger partial charge in [0.05, 0.1) is 4.47 Å². The third-order valence-corrected chi connectivity index (χ3v) is 3.74. The average Bonchev–Trinajstić information content (AvgIpc) is 2.33. The fourth-order valence-corrected chi connectivity index (χ4v) is 2.65. The van der Waals surface area contributed by atoms with Gasteiger partial charge in [0.2, 0.25) is 0 Å². The van der Waals surface area contributed by atoms with Crippen LogP contribution in [0, 0.1) is 17.6 Å². The van der Waals surface area contributed by atoms with E-state index >= 15 is 0 Å². The highest BCUT2D eigenvalue weighted by molar-refractivity contribution is 9.10. The van der Waals surface area contributed by atoms with Crippen molar-refractivity contribution in [1.29, 1.82) is 0 Å². The van der Waals surface area contributed by atoms with Crippen molar-refractivity contribution in [3.63, 3.8) is 0 Å². The van der Waals surface area contributed by atoms with Crippen molar-refractivity contribution < 1.29 is 8.78 Å². The Balaban J connectivity index is 2.71.